The first-order chi connectivity index (χ1) is 13.2. The third-order valence-electron chi connectivity index (χ3n) is 4.49. The van der Waals surface area contributed by atoms with Crippen LogP contribution in [0.1, 0.15) is 45.6 Å². The summed E-state index contributed by atoms with van der Waals surface area (Å²) < 4.78 is 1.67. The van der Waals surface area contributed by atoms with Gasteiger partial charge in [-0.25, -0.2) is 14.6 Å². The minimum Gasteiger partial charge on any atom is -0.326 e. The third kappa shape index (κ3) is 4.14. The molecule has 3 rings (SSSR count). The minimum atomic E-state index is -0.173. The fourth-order valence-electron chi connectivity index (χ4n) is 3.11. The molecule has 0 aliphatic rings. The smallest absolute Gasteiger partial charge is 0.251 e. The summed E-state index contributed by atoms with van der Waals surface area (Å²) in [5.74, 6) is 0.282. The van der Waals surface area contributed by atoms with E-state index >= 15 is 0 Å². The van der Waals surface area contributed by atoms with Crippen LogP contribution in [0.15, 0.2) is 30.3 Å². The van der Waals surface area contributed by atoms with Crippen molar-refractivity contribution in [2.45, 2.75) is 41.0 Å². The van der Waals surface area contributed by atoms with E-state index in [2.05, 4.69) is 20.4 Å². The van der Waals surface area contributed by atoms with Gasteiger partial charge in [-0.15, -0.1) is 0 Å². The number of aryl methyl sites for hydroxylation is 3. The molecule has 7 heteroatoms. The molecule has 144 valence electrons. The average molecular weight is 377 g/mol. The Labute approximate surface area is 163 Å². The van der Waals surface area contributed by atoms with Crippen molar-refractivity contribution in [3.63, 3.8) is 0 Å². The van der Waals surface area contributed by atoms with E-state index < -0.39 is 0 Å². The Bertz CT molecular complexity index is 1050. The van der Waals surface area contributed by atoms with Crippen molar-refractivity contribution in [1.82, 2.24) is 19.7 Å². The Balaban J connectivity index is 1.83. The predicted octanol–water partition coefficient (Wildman–Crippen LogP) is 3.28. The third-order valence-corrected chi connectivity index (χ3v) is 4.49. The standard InChI is InChI=1S/C21H23N5O2/c1-12-9-13(2)23-21(22-12)26-15(4)19(14(3)25-26)11-20(28)24-18-8-6-7-17(10-18)16(5)27/h6-10H,11H2,1-5H3,(H,24,28). The van der Waals surface area contributed by atoms with E-state index in [0.29, 0.717) is 17.2 Å². The lowest BCUT2D eigenvalue weighted by Gasteiger charge is -2.08. The molecule has 0 radical (unpaired) electrons. The number of hydrogen-bond donors (Lipinski definition) is 1. The van der Waals surface area contributed by atoms with Crippen LogP contribution in [0.3, 0.4) is 0 Å². The number of nitrogens with one attached hydrogen (secondary N) is 1. The van der Waals surface area contributed by atoms with E-state index in [1.165, 1.54) is 6.92 Å². The molecule has 2 heterocycles. The second-order valence-corrected chi connectivity index (χ2v) is 6.87. The zero-order valence-corrected chi connectivity index (χ0v) is 16.7. The number of amides is 1. The maximum absolute atomic E-state index is 12.6. The number of anilines is 1. The Kier molecular flexibility index (Phi) is 5.35. The number of hydrogen-bond acceptors (Lipinski definition) is 5. The Morgan fingerprint density at radius 2 is 1.71 bits per heavy atom. The number of ketones is 1. The summed E-state index contributed by atoms with van der Waals surface area (Å²) in [5, 5.41) is 7.37. The van der Waals surface area contributed by atoms with Crippen molar-refractivity contribution >= 4 is 17.4 Å². The molecule has 0 spiro atoms. The van der Waals surface area contributed by atoms with E-state index in [1.807, 2.05) is 33.8 Å². The molecule has 0 bridgehead atoms. The number of benzene rings is 1. The van der Waals surface area contributed by atoms with Crippen molar-refractivity contribution in [1.29, 1.82) is 0 Å². The van der Waals surface area contributed by atoms with Crippen LogP contribution in [0.4, 0.5) is 5.69 Å². The largest absolute Gasteiger partial charge is 0.326 e. The van der Waals surface area contributed by atoms with Gasteiger partial charge in [0.2, 0.25) is 5.91 Å². The quantitative estimate of drug-likeness (QED) is 0.689. The number of rotatable bonds is 5. The Hall–Kier alpha value is -3.35. The molecule has 0 unspecified atom stereocenters. The summed E-state index contributed by atoms with van der Waals surface area (Å²) in [6, 6.07) is 8.81. The van der Waals surface area contributed by atoms with E-state index in [9.17, 15) is 9.59 Å². The lowest BCUT2D eigenvalue weighted by atomic mass is 10.1. The van der Waals surface area contributed by atoms with Crippen molar-refractivity contribution in [3.8, 4) is 5.95 Å². The first-order valence-corrected chi connectivity index (χ1v) is 9.03. The Morgan fingerprint density at radius 3 is 2.36 bits per heavy atom. The molecule has 0 saturated heterocycles. The molecule has 0 aliphatic carbocycles. The molecule has 28 heavy (non-hydrogen) atoms. The highest BCUT2D eigenvalue weighted by molar-refractivity contribution is 5.97. The molecule has 0 fully saturated rings. The summed E-state index contributed by atoms with van der Waals surface area (Å²) in [6.45, 7) is 9.09. The van der Waals surface area contributed by atoms with Crippen molar-refractivity contribution in [3.05, 3.63) is 64.2 Å². The number of aromatic nitrogens is 4. The van der Waals surface area contributed by atoms with Crippen LogP contribution >= 0.6 is 0 Å². The zero-order chi connectivity index (χ0) is 20.4. The van der Waals surface area contributed by atoms with Gasteiger partial charge in [-0.1, -0.05) is 12.1 Å². The number of carbonyl (C=O) groups is 2. The lowest BCUT2D eigenvalue weighted by molar-refractivity contribution is -0.115. The molecule has 7 nitrogen and oxygen atoms in total. The first kappa shape index (κ1) is 19.4. The van der Waals surface area contributed by atoms with Crippen LogP contribution < -0.4 is 5.32 Å². The van der Waals surface area contributed by atoms with Crippen LogP contribution in [0, 0.1) is 27.7 Å². The SMILES string of the molecule is CC(=O)c1cccc(NC(=O)Cc2c(C)nn(-c3nc(C)cc(C)n3)c2C)c1. The summed E-state index contributed by atoms with van der Waals surface area (Å²) in [7, 11) is 0. The van der Waals surface area contributed by atoms with Gasteiger partial charge in [0.15, 0.2) is 5.78 Å². The zero-order valence-electron chi connectivity index (χ0n) is 16.7. The second kappa shape index (κ2) is 7.72. The number of Topliss-reactive ketones (excluding diaryl/α,β-unsaturated/α-hetero) is 1. The van der Waals surface area contributed by atoms with Gasteiger partial charge in [0.1, 0.15) is 0 Å². The van der Waals surface area contributed by atoms with Gasteiger partial charge >= 0.3 is 0 Å². The highest BCUT2D eigenvalue weighted by Crippen LogP contribution is 2.18. The fourth-order valence-corrected chi connectivity index (χ4v) is 3.11. The van der Waals surface area contributed by atoms with E-state index in [1.54, 1.807) is 28.9 Å². The Morgan fingerprint density at radius 1 is 1.04 bits per heavy atom. The normalized spacial score (nSPS) is 10.8. The molecule has 0 aliphatic heterocycles. The van der Waals surface area contributed by atoms with E-state index in [-0.39, 0.29) is 18.1 Å². The maximum Gasteiger partial charge on any atom is 0.251 e. The summed E-state index contributed by atoms with van der Waals surface area (Å²) >= 11 is 0. The average Bonchev–Trinajstić information content (AvgIpc) is 2.89. The highest BCUT2D eigenvalue weighted by atomic mass is 16.1. The van der Waals surface area contributed by atoms with Crippen molar-refractivity contribution in [2.75, 3.05) is 5.32 Å². The molecule has 0 saturated carbocycles. The second-order valence-electron chi connectivity index (χ2n) is 6.87. The molecule has 1 aromatic carbocycles. The molecule has 1 N–H and O–H groups in total. The fraction of sp³-hybridized carbons (Fsp3) is 0.286. The van der Waals surface area contributed by atoms with Crippen LogP contribution in [0.5, 0.6) is 0 Å². The van der Waals surface area contributed by atoms with Crippen molar-refractivity contribution in [2.24, 2.45) is 0 Å². The van der Waals surface area contributed by atoms with Crippen molar-refractivity contribution < 1.29 is 9.59 Å². The predicted molar refractivity (Wildman–Crippen MR) is 107 cm³/mol. The van der Waals surface area contributed by atoms with Gasteiger partial charge in [0, 0.05) is 33.9 Å². The highest BCUT2D eigenvalue weighted by Gasteiger charge is 2.18. The number of carbonyl (C=O) groups excluding carboxylic acids is 2. The van der Waals surface area contributed by atoms with Gasteiger partial charge in [0.25, 0.3) is 5.95 Å². The summed E-state index contributed by atoms with van der Waals surface area (Å²) in [5.41, 5.74) is 5.30. The van der Waals surface area contributed by atoms with Crippen LogP contribution in [0.25, 0.3) is 5.95 Å². The maximum atomic E-state index is 12.6. The van der Waals surface area contributed by atoms with E-state index in [4.69, 9.17) is 0 Å². The molecular weight excluding hydrogens is 354 g/mol. The summed E-state index contributed by atoms with van der Waals surface area (Å²) in [4.78, 5) is 33.0. The molecule has 1 amide bonds. The first-order valence-electron chi connectivity index (χ1n) is 9.03. The van der Waals surface area contributed by atoms with Crippen LogP contribution in [-0.2, 0) is 11.2 Å². The summed E-state index contributed by atoms with van der Waals surface area (Å²) in [6.07, 6.45) is 0.173. The molecule has 0 atom stereocenters. The van der Waals surface area contributed by atoms with Gasteiger partial charge in [-0.2, -0.15) is 5.10 Å². The molecular formula is C21H23N5O2. The topological polar surface area (TPSA) is 89.8 Å². The minimum absolute atomic E-state index is 0.0440. The van der Waals surface area contributed by atoms with Crippen LogP contribution in [0.2, 0.25) is 0 Å². The lowest BCUT2D eigenvalue weighted by Crippen LogP contribution is -2.16. The van der Waals surface area contributed by atoms with Gasteiger partial charge in [0.05, 0.1) is 12.1 Å². The monoisotopic (exact) mass is 377 g/mol. The van der Waals surface area contributed by atoms with Gasteiger partial charge in [-0.05, 0) is 52.8 Å². The van der Waals surface area contributed by atoms with Gasteiger partial charge < -0.3 is 5.32 Å². The molecule has 2 aromatic heterocycles. The molecule has 3 aromatic rings. The van der Waals surface area contributed by atoms with E-state index in [0.717, 1.165) is 28.3 Å². The number of nitrogens with zero attached hydrogens (tertiary/aromatic N) is 4. The van der Waals surface area contributed by atoms with Crippen LogP contribution in [-0.4, -0.2) is 31.4 Å². The van der Waals surface area contributed by atoms with Gasteiger partial charge in [-0.3, -0.25) is 9.59 Å².